The number of aliphatic carboxylic acids is 1. The normalized spacial score (nSPS) is 9.87. The molecule has 266 valence electrons. The zero-order valence-electron chi connectivity index (χ0n) is 30.9. The van der Waals surface area contributed by atoms with Gasteiger partial charge in [-0.05, 0) is 24.8 Å². The van der Waals surface area contributed by atoms with Crippen molar-refractivity contribution in [1.29, 1.82) is 0 Å². The summed E-state index contributed by atoms with van der Waals surface area (Å²) >= 11 is 0. The van der Waals surface area contributed by atoms with Crippen molar-refractivity contribution in [2.75, 3.05) is 0 Å². The summed E-state index contributed by atoms with van der Waals surface area (Å²) < 4.78 is 0. The van der Waals surface area contributed by atoms with E-state index in [-0.39, 0.29) is 30.3 Å². The summed E-state index contributed by atoms with van der Waals surface area (Å²) in [5.74, 6) is -2.00. The van der Waals surface area contributed by atoms with Crippen LogP contribution in [0.25, 0.3) is 0 Å². The number of carboxylic acids is 2. The topological polar surface area (TPSA) is 80.3 Å². The molecule has 0 N–H and O–H groups in total. The van der Waals surface area contributed by atoms with E-state index >= 15 is 0 Å². The van der Waals surface area contributed by atoms with E-state index in [1.54, 1.807) is 18.2 Å². The Morgan fingerprint density at radius 2 is 0.826 bits per heavy atom. The zero-order chi connectivity index (χ0) is 34.2. The van der Waals surface area contributed by atoms with Crippen molar-refractivity contribution in [2.45, 2.75) is 201 Å². The van der Waals surface area contributed by atoms with Gasteiger partial charge in [0.2, 0.25) is 0 Å². The van der Waals surface area contributed by atoms with Gasteiger partial charge >= 0.3 is 23.9 Å². The van der Waals surface area contributed by atoms with Crippen LogP contribution in [-0.4, -0.2) is 35.8 Å². The van der Waals surface area contributed by atoms with Crippen LogP contribution in [0.1, 0.15) is 211 Å². The second-order valence-electron chi connectivity index (χ2n) is 12.2. The van der Waals surface area contributed by atoms with Crippen LogP contribution in [0.4, 0.5) is 0 Å². The van der Waals surface area contributed by atoms with Crippen LogP contribution in [-0.2, 0) is 11.2 Å². The number of aromatic carboxylic acids is 1. The Labute approximate surface area is 304 Å². The van der Waals surface area contributed by atoms with Crippen LogP contribution in [0.3, 0.4) is 0 Å². The molecule has 5 heteroatoms. The molecule has 0 aliphatic carbocycles. The molecule has 0 spiro atoms. The van der Waals surface area contributed by atoms with E-state index in [1.807, 2.05) is 13.0 Å². The van der Waals surface area contributed by atoms with Gasteiger partial charge in [0.05, 0.1) is 5.97 Å². The zero-order valence-corrected chi connectivity index (χ0v) is 33.8. The largest absolute Gasteiger partial charge is 2.00 e. The van der Waals surface area contributed by atoms with E-state index in [1.165, 1.54) is 135 Å². The molecule has 1 aromatic carbocycles. The number of rotatable bonds is 26. The van der Waals surface area contributed by atoms with Crippen molar-refractivity contribution in [3.8, 4) is 0 Å². The maximum atomic E-state index is 10.5. The molecule has 4 nitrogen and oxygen atoms in total. The van der Waals surface area contributed by atoms with E-state index in [0.29, 0.717) is 5.56 Å². The van der Waals surface area contributed by atoms with Gasteiger partial charge in [0, 0.05) is 11.5 Å². The Bertz CT molecular complexity index is 714. The monoisotopic (exact) mass is 750 g/mol. The van der Waals surface area contributed by atoms with Gasteiger partial charge in [-0.25, -0.2) is 0 Å². The van der Waals surface area contributed by atoms with E-state index in [9.17, 15) is 19.8 Å². The summed E-state index contributed by atoms with van der Waals surface area (Å²) in [6.07, 6.45) is 34.0. The summed E-state index contributed by atoms with van der Waals surface area (Å²) in [5.41, 5.74) is 1.13. The molecule has 0 atom stereocenters. The fourth-order valence-electron chi connectivity index (χ4n) is 4.73. The predicted octanol–water partition coefficient (Wildman–Crippen LogP) is 10.8. The summed E-state index contributed by atoms with van der Waals surface area (Å²) in [4.78, 5) is 20.8. The number of hydrogen-bond acceptors (Lipinski definition) is 4. The number of benzene rings is 1. The van der Waals surface area contributed by atoms with Crippen molar-refractivity contribution < 1.29 is 19.8 Å². The molecule has 0 saturated heterocycles. The van der Waals surface area contributed by atoms with Crippen molar-refractivity contribution in [1.82, 2.24) is 0 Å². The maximum Gasteiger partial charge on any atom is 2.00 e. The smallest absolute Gasteiger partial charge is 0.550 e. The summed E-state index contributed by atoms with van der Waals surface area (Å²) in [6.45, 7) is 15.6. The van der Waals surface area contributed by atoms with Crippen LogP contribution in [0, 0.1) is 13.8 Å². The van der Waals surface area contributed by atoms with Crippen molar-refractivity contribution in [3.63, 3.8) is 0 Å². The molecule has 0 saturated carbocycles. The minimum Gasteiger partial charge on any atom is -0.550 e. The second kappa shape index (κ2) is 46.1. The van der Waals surface area contributed by atoms with Gasteiger partial charge in [0.15, 0.2) is 0 Å². The van der Waals surface area contributed by atoms with Gasteiger partial charge in [-0.2, -0.15) is 0 Å². The van der Waals surface area contributed by atoms with Gasteiger partial charge < -0.3 is 19.8 Å². The fourth-order valence-corrected chi connectivity index (χ4v) is 4.73. The number of carbonyl (C=O) groups excluding carboxylic acids is 2. The van der Waals surface area contributed by atoms with Crippen LogP contribution in [0.2, 0.25) is 0 Å². The minimum atomic E-state index is -1.09. The third-order valence-corrected chi connectivity index (χ3v) is 7.81. The summed E-state index contributed by atoms with van der Waals surface area (Å²) in [6, 6.07) is 6.88. The quantitative estimate of drug-likeness (QED) is 0.0698. The first kappa shape index (κ1) is 51.8. The van der Waals surface area contributed by atoms with E-state index in [4.69, 9.17) is 0 Å². The summed E-state index contributed by atoms with van der Waals surface area (Å²) in [5, 5.41) is 20.8. The van der Waals surface area contributed by atoms with Crippen LogP contribution in [0.15, 0.2) is 24.3 Å². The van der Waals surface area contributed by atoms with Crippen molar-refractivity contribution in [3.05, 3.63) is 49.2 Å². The van der Waals surface area contributed by atoms with Crippen molar-refractivity contribution in [2.24, 2.45) is 0 Å². The molecule has 4 radical (unpaired) electrons. The molecule has 0 fully saturated rings. The molecule has 1 rings (SSSR count). The molecular formula is C41H74O4Sn. The minimum absolute atomic E-state index is 0. The van der Waals surface area contributed by atoms with Gasteiger partial charge in [-0.3, -0.25) is 0 Å². The van der Waals surface area contributed by atoms with Crippen LogP contribution >= 0.6 is 0 Å². The number of unbranched alkanes of at least 4 members (excludes halogenated alkanes) is 22. The van der Waals surface area contributed by atoms with Gasteiger partial charge in [0.25, 0.3) is 0 Å². The predicted molar refractivity (Wildman–Crippen MR) is 199 cm³/mol. The van der Waals surface area contributed by atoms with Gasteiger partial charge in [0.1, 0.15) is 0 Å². The first-order valence-corrected chi connectivity index (χ1v) is 18.9. The molecule has 0 bridgehead atoms. The average molecular weight is 750 g/mol. The van der Waals surface area contributed by atoms with E-state index in [0.717, 1.165) is 37.7 Å². The molecule has 0 heterocycles. The molecular weight excluding hydrogens is 675 g/mol. The Kier molecular flexibility index (Phi) is 51.9. The maximum absolute atomic E-state index is 10.5. The van der Waals surface area contributed by atoms with Gasteiger partial charge in [-0.1, -0.05) is 220 Å². The SMILES string of the molecule is CCCCCCCCCCCCCCCCCCCCCCCC(=O)[O-].CCc1ccccc1C(=O)[O-].[CH2]CCC.[CH2]CCC.[Sn+2]. The number of aryl methyl sites for hydroxylation is 1. The average Bonchev–Trinajstić information content (AvgIpc) is 3.05. The van der Waals surface area contributed by atoms with Crippen LogP contribution in [0.5, 0.6) is 0 Å². The van der Waals surface area contributed by atoms with E-state index in [2.05, 4.69) is 34.6 Å². The third kappa shape index (κ3) is 45.1. The van der Waals surface area contributed by atoms with Crippen molar-refractivity contribution >= 4 is 35.8 Å². The third-order valence-electron chi connectivity index (χ3n) is 7.81. The first-order chi connectivity index (χ1) is 21.9. The Morgan fingerprint density at radius 3 is 1.07 bits per heavy atom. The fraction of sp³-hybridized carbons (Fsp3) is 0.756. The second-order valence-corrected chi connectivity index (χ2v) is 12.2. The number of hydrogen-bond donors (Lipinski definition) is 0. The number of carbonyl (C=O) groups is 2. The number of carboxylic acid groups (broad SMARTS) is 2. The Hall–Kier alpha value is -1.04. The molecule has 0 aromatic heterocycles. The van der Waals surface area contributed by atoms with E-state index < -0.39 is 11.9 Å². The molecule has 0 unspecified atom stereocenters. The van der Waals surface area contributed by atoms with Gasteiger partial charge in [-0.15, -0.1) is 0 Å². The molecule has 0 amide bonds. The Morgan fingerprint density at radius 1 is 0.522 bits per heavy atom. The molecule has 0 aliphatic heterocycles. The first-order valence-electron chi connectivity index (χ1n) is 18.9. The van der Waals surface area contributed by atoms with Crippen LogP contribution < -0.4 is 10.2 Å². The standard InChI is InChI=1S/C24H48O2.C9H10O2.2C4H9.Sn/c1-2-3-4-5-6-7-8-9-10-11-12-13-14-15-16-17-18-19-20-21-22-23-24(25)26;1-2-7-5-3-4-6-8(7)9(10)11;2*1-3-4-2;/h2-23H2,1H3,(H,25,26);3-6H,2H2,1H3,(H,10,11);2*1,3-4H2,2H3;/q;;;;+2/p-2. The summed E-state index contributed by atoms with van der Waals surface area (Å²) in [7, 11) is 0. The molecule has 0 aliphatic rings. The molecule has 46 heavy (non-hydrogen) atoms. The Balaban J connectivity index is -0.000000358. The molecule has 1 aromatic rings.